The van der Waals surface area contributed by atoms with Crippen LogP contribution in [0, 0.1) is 5.41 Å². The highest BCUT2D eigenvalue weighted by Crippen LogP contribution is 1.87. The number of hydrogen-bond donors (Lipinski definition) is 3. The zero-order valence-electron chi connectivity index (χ0n) is 5.02. The van der Waals surface area contributed by atoms with E-state index in [1.165, 1.54) is 0 Å². The zero-order chi connectivity index (χ0) is 6.57. The molecule has 8 heavy (non-hydrogen) atoms. The van der Waals surface area contributed by atoms with E-state index in [2.05, 4.69) is 0 Å². The van der Waals surface area contributed by atoms with Crippen molar-refractivity contribution in [2.75, 3.05) is 6.54 Å². The normalized spacial score (nSPS) is 13.4. The Morgan fingerprint density at radius 3 is 2.50 bits per heavy atom. The zero-order valence-corrected chi connectivity index (χ0v) is 5.02. The van der Waals surface area contributed by atoms with Gasteiger partial charge in [-0.1, -0.05) is 6.92 Å². The summed E-state index contributed by atoms with van der Waals surface area (Å²) in [5.41, 5.74) is 5.37. The van der Waals surface area contributed by atoms with Gasteiger partial charge in [0.1, 0.15) is 6.10 Å². The summed E-state index contributed by atoms with van der Waals surface area (Å²) in [6.07, 6.45) is -0.141. The molecule has 0 aromatic carbocycles. The maximum atomic E-state index is 8.78. The molecule has 4 N–H and O–H groups in total. The van der Waals surface area contributed by atoms with E-state index in [1.54, 1.807) is 0 Å². The summed E-state index contributed by atoms with van der Waals surface area (Å²) in [6.45, 7) is 1.98. The molecule has 0 bridgehead atoms. The van der Waals surface area contributed by atoms with Crippen LogP contribution in [-0.4, -0.2) is 23.5 Å². The van der Waals surface area contributed by atoms with Gasteiger partial charge in [0.25, 0.3) is 0 Å². The lowest BCUT2D eigenvalue weighted by atomic mass is 10.2. The predicted molar refractivity (Wildman–Crippen MR) is 33.1 cm³/mol. The standard InChI is InChI=1S/C5H12N2O/c1-2-4(7)5(8)3-6/h5,7-8H,2-3,6H2,1H3. The molecule has 1 unspecified atom stereocenters. The van der Waals surface area contributed by atoms with Crippen LogP contribution in [0.15, 0.2) is 0 Å². The van der Waals surface area contributed by atoms with Crippen LogP contribution in [-0.2, 0) is 0 Å². The Bertz CT molecular complexity index is 82.5. The summed E-state index contributed by atoms with van der Waals surface area (Å²) in [7, 11) is 0. The summed E-state index contributed by atoms with van der Waals surface area (Å²) < 4.78 is 0. The molecule has 0 aliphatic rings. The average molecular weight is 116 g/mol. The first-order valence-electron chi connectivity index (χ1n) is 2.67. The number of hydrogen-bond acceptors (Lipinski definition) is 3. The fourth-order valence-corrected chi connectivity index (χ4v) is 0.378. The molecule has 1 atom stereocenters. The predicted octanol–water partition coefficient (Wildman–Crippen LogP) is -0.264. The molecule has 0 aliphatic carbocycles. The van der Waals surface area contributed by atoms with Crippen LogP contribution in [0.2, 0.25) is 0 Å². The van der Waals surface area contributed by atoms with Gasteiger partial charge >= 0.3 is 0 Å². The lowest BCUT2D eigenvalue weighted by Crippen LogP contribution is -2.27. The van der Waals surface area contributed by atoms with E-state index in [0.717, 1.165) is 0 Å². The van der Waals surface area contributed by atoms with E-state index >= 15 is 0 Å². The highest BCUT2D eigenvalue weighted by molar-refractivity contribution is 5.85. The Labute approximate surface area is 49.0 Å². The third-order valence-corrected chi connectivity index (χ3v) is 1.01. The quantitative estimate of drug-likeness (QED) is 0.444. The van der Waals surface area contributed by atoms with E-state index in [-0.39, 0.29) is 6.54 Å². The molecule has 0 heterocycles. The Morgan fingerprint density at radius 1 is 1.88 bits per heavy atom. The van der Waals surface area contributed by atoms with Crippen LogP contribution in [0.4, 0.5) is 0 Å². The number of aliphatic hydroxyl groups is 1. The van der Waals surface area contributed by atoms with Crippen molar-refractivity contribution in [3.05, 3.63) is 0 Å². The second kappa shape index (κ2) is 3.57. The average Bonchev–Trinajstić information content (AvgIpc) is 1.84. The highest BCUT2D eigenvalue weighted by atomic mass is 16.3. The van der Waals surface area contributed by atoms with Gasteiger partial charge in [-0.2, -0.15) is 0 Å². The smallest absolute Gasteiger partial charge is 0.103 e. The van der Waals surface area contributed by atoms with Gasteiger partial charge in [-0.05, 0) is 6.42 Å². The number of nitrogens with two attached hydrogens (primary N) is 1. The van der Waals surface area contributed by atoms with Gasteiger partial charge in [0, 0.05) is 12.3 Å². The summed E-state index contributed by atoms with van der Waals surface area (Å²) in [5.74, 6) is 0. The first kappa shape index (κ1) is 7.59. The molecular weight excluding hydrogens is 104 g/mol. The molecule has 3 nitrogen and oxygen atoms in total. The molecular formula is C5H12N2O. The van der Waals surface area contributed by atoms with Crippen molar-refractivity contribution in [3.63, 3.8) is 0 Å². The molecule has 0 amide bonds. The summed E-state index contributed by atoms with van der Waals surface area (Å²) in [5, 5.41) is 15.8. The molecule has 0 saturated heterocycles. The van der Waals surface area contributed by atoms with Crippen molar-refractivity contribution in [1.29, 1.82) is 5.41 Å². The molecule has 0 fully saturated rings. The van der Waals surface area contributed by atoms with E-state index in [1.807, 2.05) is 6.92 Å². The molecule has 0 aromatic rings. The topological polar surface area (TPSA) is 70.1 Å². The van der Waals surface area contributed by atoms with Crippen molar-refractivity contribution >= 4 is 5.71 Å². The number of aliphatic hydroxyl groups excluding tert-OH is 1. The van der Waals surface area contributed by atoms with Crippen molar-refractivity contribution < 1.29 is 5.11 Å². The third kappa shape index (κ3) is 2.04. The maximum Gasteiger partial charge on any atom is 0.103 e. The first-order valence-corrected chi connectivity index (χ1v) is 2.67. The minimum absolute atomic E-state index is 0.159. The molecule has 0 aliphatic heterocycles. The summed E-state index contributed by atoms with van der Waals surface area (Å²) >= 11 is 0. The van der Waals surface area contributed by atoms with Crippen molar-refractivity contribution in [3.8, 4) is 0 Å². The van der Waals surface area contributed by atoms with Crippen LogP contribution in [0.25, 0.3) is 0 Å². The molecule has 0 rings (SSSR count). The van der Waals surface area contributed by atoms with Crippen LogP contribution in [0.1, 0.15) is 13.3 Å². The van der Waals surface area contributed by atoms with Crippen molar-refractivity contribution in [1.82, 2.24) is 0 Å². The molecule has 3 heteroatoms. The van der Waals surface area contributed by atoms with E-state index in [4.69, 9.17) is 16.2 Å². The molecule has 0 radical (unpaired) electrons. The van der Waals surface area contributed by atoms with Crippen LogP contribution < -0.4 is 5.73 Å². The molecule has 48 valence electrons. The fraction of sp³-hybridized carbons (Fsp3) is 0.800. The lowest BCUT2D eigenvalue weighted by Gasteiger charge is -2.05. The van der Waals surface area contributed by atoms with E-state index in [9.17, 15) is 0 Å². The Balaban J connectivity index is 3.46. The Hall–Kier alpha value is -0.410. The fourth-order valence-electron chi connectivity index (χ4n) is 0.378. The van der Waals surface area contributed by atoms with Gasteiger partial charge in [0.2, 0.25) is 0 Å². The van der Waals surface area contributed by atoms with Crippen LogP contribution in [0.5, 0.6) is 0 Å². The van der Waals surface area contributed by atoms with Gasteiger partial charge in [-0.3, -0.25) is 0 Å². The second-order valence-corrected chi connectivity index (χ2v) is 1.63. The monoisotopic (exact) mass is 116 g/mol. The number of nitrogens with one attached hydrogen (secondary N) is 1. The van der Waals surface area contributed by atoms with Gasteiger partial charge in [-0.25, -0.2) is 0 Å². The van der Waals surface area contributed by atoms with Crippen molar-refractivity contribution in [2.24, 2.45) is 5.73 Å². The van der Waals surface area contributed by atoms with E-state index in [0.29, 0.717) is 12.1 Å². The van der Waals surface area contributed by atoms with Crippen LogP contribution in [0.3, 0.4) is 0 Å². The SMILES string of the molecule is CCC(=N)C(O)CN. The summed E-state index contributed by atoms with van der Waals surface area (Å²) in [6, 6.07) is 0. The second-order valence-electron chi connectivity index (χ2n) is 1.63. The lowest BCUT2D eigenvalue weighted by molar-refractivity contribution is 0.246. The van der Waals surface area contributed by atoms with Gasteiger partial charge in [0.15, 0.2) is 0 Å². The first-order chi connectivity index (χ1) is 3.72. The van der Waals surface area contributed by atoms with Gasteiger partial charge in [0.05, 0.1) is 0 Å². The Morgan fingerprint density at radius 2 is 2.38 bits per heavy atom. The molecule has 0 aromatic heterocycles. The summed E-state index contributed by atoms with van der Waals surface area (Å²) in [4.78, 5) is 0. The molecule has 0 spiro atoms. The van der Waals surface area contributed by atoms with Crippen molar-refractivity contribution in [2.45, 2.75) is 19.4 Å². The largest absolute Gasteiger partial charge is 0.386 e. The Kier molecular flexibility index (Phi) is 3.39. The van der Waals surface area contributed by atoms with Gasteiger partial charge in [-0.15, -0.1) is 0 Å². The molecule has 0 saturated carbocycles. The maximum absolute atomic E-state index is 8.78. The number of rotatable bonds is 3. The minimum atomic E-state index is -0.722. The van der Waals surface area contributed by atoms with Crippen LogP contribution >= 0.6 is 0 Å². The van der Waals surface area contributed by atoms with Gasteiger partial charge < -0.3 is 16.2 Å². The van der Waals surface area contributed by atoms with E-state index < -0.39 is 6.10 Å². The minimum Gasteiger partial charge on any atom is -0.386 e. The third-order valence-electron chi connectivity index (χ3n) is 1.01. The highest BCUT2D eigenvalue weighted by Gasteiger charge is 2.03.